The molecule has 0 bridgehead atoms. The molecule has 0 atom stereocenters. The second kappa shape index (κ2) is 3.66. The lowest BCUT2D eigenvalue weighted by atomic mass is 10.2. The summed E-state index contributed by atoms with van der Waals surface area (Å²) in [6.45, 7) is 0. The van der Waals surface area contributed by atoms with Gasteiger partial charge in [0, 0.05) is 17.6 Å². The number of aromatic nitrogens is 2. The van der Waals surface area contributed by atoms with E-state index in [0.29, 0.717) is 11.2 Å². The Morgan fingerprint density at radius 3 is 2.39 bits per heavy atom. The zero-order valence-corrected chi connectivity index (χ0v) is 9.28. The Kier molecular flexibility index (Phi) is 2.13. The Morgan fingerprint density at radius 2 is 1.61 bits per heavy atom. The Bertz CT molecular complexity index is 734. The number of fused-ring (bicyclic) bond motifs is 1. The van der Waals surface area contributed by atoms with Crippen molar-refractivity contribution in [2.75, 3.05) is 0 Å². The van der Waals surface area contributed by atoms with Gasteiger partial charge in [0.2, 0.25) is 0 Å². The lowest BCUT2D eigenvalue weighted by Gasteiger charge is -2.03. The third-order valence-corrected chi connectivity index (χ3v) is 2.69. The fraction of sp³-hybridized carbons (Fsp3) is 0. The largest absolute Gasteiger partial charge is 0.508 e. The number of phenolic OH excluding ortho intramolecular Hbond substituents is 3. The molecule has 0 aliphatic rings. The van der Waals surface area contributed by atoms with Crippen molar-refractivity contribution in [3.05, 3.63) is 42.6 Å². The number of phenols is 3. The summed E-state index contributed by atoms with van der Waals surface area (Å²) in [7, 11) is 0. The summed E-state index contributed by atoms with van der Waals surface area (Å²) < 4.78 is 1.50. The van der Waals surface area contributed by atoms with Crippen LogP contribution >= 0.6 is 0 Å². The molecule has 0 fully saturated rings. The van der Waals surface area contributed by atoms with Crippen LogP contribution in [0.2, 0.25) is 0 Å². The van der Waals surface area contributed by atoms with Gasteiger partial charge in [-0.2, -0.15) is 5.10 Å². The van der Waals surface area contributed by atoms with Gasteiger partial charge < -0.3 is 15.3 Å². The van der Waals surface area contributed by atoms with Crippen LogP contribution in [-0.4, -0.2) is 25.1 Å². The van der Waals surface area contributed by atoms with Crippen LogP contribution < -0.4 is 0 Å². The van der Waals surface area contributed by atoms with Gasteiger partial charge in [0.15, 0.2) is 0 Å². The maximum absolute atomic E-state index is 9.75. The van der Waals surface area contributed by atoms with E-state index < -0.39 is 0 Å². The zero-order chi connectivity index (χ0) is 12.7. The SMILES string of the molecule is Oc1ccc(-n2cc3cc(O)ccc3n2)c(O)c1. The maximum atomic E-state index is 9.75. The van der Waals surface area contributed by atoms with Crippen LogP contribution in [0.3, 0.4) is 0 Å². The van der Waals surface area contributed by atoms with Gasteiger partial charge in [0.25, 0.3) is 0 Å². The smallest absolute Gasteiger partial charge is 0.144 e. The average molecular weight is 242 g/mol. The number of rotatable bonds is 1. The lowest BCUT2D eigenvalue weighted by molar-refractivity contribution is 0.447. The van der Waals surface area contributed by atoms with Crippen molar-refractivity contribution >= 4 is 10.9 Å². The van der Waals surface area contributed by atoms with E-state index in [2.05, 4.69) is 5.10 Å². The molecule has 0 radical (unpaired) electrons. The van der Waals surface area contributed by atoms with Crippen LogP contribution in [-0.2, 0) is 0 Å². The first-order chi connectivity index (χ1) is 8.63. The minimum atomic E-state index is -0.0629. The Labute approximate surface area is 102 Å². The van der Waals surface area contributed by atoms with E-state index in [1.54, 1.807) is 30.5 Å². The molecule has 0 aliphatic carbocycles. The highest BCUT2D eigenvalue weighted by Crippen LogP contribution is 2.27. The van der Waals surface area contributed by atoms with Crippen LogP contribution in [0.4, 0.5) is 0 Å². The van der Waals surface area contributed by atoms with Crippen molar-refractivity contribution in [2.24, 2.45) is 0 Å². The fourth-order valence-corrected chi connectivity index (χ4v) is 1.84. The monoisotopic (exact) mass is 242 g/mol. The molecule has 1 heterocycles. The van der Waals surface area contributed by atoms with Gasteiger partial charge >= 0.3 is 0 Å². The zero-order valence-electron chi connectivity index (χ0n) is 9.28. The third kappa shape index (κ3) is 1.62. The number of benzene rings is 2. The number of nitrogens with zero attached hydrogens (tertiary/aromatic N) is 2. The molecule has 5 nitrogen and oxygen atoms in total. The van der Waals surface area contributed by atoms with Crippen molar-refractivity contribution in [1.82, 2.24) is 9.78 Å². The third-order valence-electron chi connectivity index (χ3n) is 2.69. The van der Waals surface area contributed by atoms with E-state index in [0.717, 1.165) is 5.39 Å². The highest BCUT2D eigenvalue weighted by molar-refractivity contribution is 5.80. The van der Waals surface area contributed by atoms with E-state index in [1.165, 1.54) is 16.8 Å². The molecule has 0 saturated heterocycles. The van der Waals surface area contributed by atoms with Crippen molar-refractivity contribution < 1.29 is 15.3 Å². The normalized spacial score (nSPS) is 10.9. The van der Waals surface area contributed by atoms with Crippen molar-refractivity contribution in [3.63, 3.8) is 0 Å². The standard InChI is InChI=1S/C13H10N2O3/c16-9-1-3-11-8(5-9)7-15(14-11)12-4-2-10(17)6-13(12)18/h1-7,16-18H. The molecule has 90 valence electrons. The van der Waals surface area contributed by atoms with E-state index in [-0.39, 0.29) is 17.2 Å². The summed E-state index contributed by atoms with van der Waals surface area (Å²) in [5.74, 6) is 0.0922. The highest BCUT2D eigenvalue weighted by Gasteiger charge is 2.08. The van der Waals surface area contributed by atoms with Crippen molar-refractivity contribution in [3.8, 4) is 22.9 Å². The van der Waals surface area contributed by atoms with Gasteiger partial charge in [-0.15, -0.1) is 0 Å². The first kappa shape index (κ1) is 10.5. The minimum Gasteiger partial charge on any atom is -0.508 e. The van der Waals surface area contributed by atoms with Gasteiger partial charge in [-0.1, -0.05) is 0 Å². The van der Waals surface area contributed by atoms with E-state index >= 15 is 0 Å². The Balaban J connectivity index is 2.19. The molecule has 0 spiro atoms. The van der Waals surface area contributed by atoms with Gasteiger partial charge in [-0.25, -0.2) is 4.68 Å². The van der Waals surface area contributed by atoms with Crippen LogP contribution in [0.1, 0.15) is 0 Å². The van der Waals surface area contributed by atoms with Crippen LogP contribution in [0.25, 0.3) is 16.6 Å². The van der Waals surface area contributed by atoms with E-state index in [9.17, 15) is 15.3 Å². The van der Waals surface area contributed by atoms with Crippen LogP contribution in [0.5, 0.6) is 17.2 Å². The summed E-state index contributed by atoms with van der Waals surface area (Å²) in [5.41, 5.74) is 1.17. The lowest BCUT2D eigenvalue weighted by Crippen LogP contribution is -1.94. The van der Waals surface area contributed by atoms with Crippen molar-refractivity contribution in [2.45, 2.75) is 0 Å². The molecule has 1 aromatic heterocycles. The quantitative estimate of drug-likeness (QED) is 0.611. The van der Waals surface area contributed by atoms with Gasteiger partial charge in [0.1, 0.15) is 22.9 Å². The second-order valence-corrected chi connectivity index (χ2v) is 3.99. The van der Waals surface area contributed by atoms with E-state index in [1.807, 2.05) is 0 Å². The molecular formula is C13H10N2O3. The Morgan fingerprint density at radius 1 is 0.889 bits per heavy atom. The van der Waals surface area contributed by atoms with Gasteiger partial charge in [0.05, 0.1) is 5.52 Å². The molecule has 2 aromatic carbocycles. The first-order valence-corrected chi connectivity index (χ1v) is 5.34. The summed E-state index contributed by atoms with van der Waals surface area (Å²) in [5, 5.41) is 33.4. The second-order valence-electron chi connectivity index (χ2n) is 3.99. The summed E-state index contributed by atoms with van der Waals surface area (Å²) in [6.07, 6.45) is 1.70. The Hall–Kier alpha value is -2.69. The topological polar surface area (TPSA) is 78.5 Å². The number of aromatic hydroxyl groups is 3. The van der Waals surface area contributed by atoms with Crippen molar-refractivity contribution in [1.29, 1.82) is 0 Å². The van der Waals surface area contributed by atoms with Gasteiger partial charge in [-0.3, -0.25) is 0 Å². The van der Waals surface area contributed by atoms with E-state index in [4.69, 9.17) is 0 Å². The van der Waals surface area contributed by atoms with Crippen LogP contribution in [0, 0.1) is 0 Å². The average Bonchev–Trinajstić information content (AvgIpc) is 2.71. The molecule has 0 saturated carbocycles. The predicted molar refractivity (Wildman–Crippen MR) is 66.1 cm³/mol. The molecule has 3 rings (SSSR count). The molecular weight excluding hydrogens is 232 g/mol. The molecule has 0 unspecified atom stereocenters. The maximum Gasteiger partial charge on any atom is 0.144 e. The fourth-order valence-electron chi connectivity index (χ4n) is 1.84. The number of hydrogen-bond acceptors (Lipinski definition) is 4. The summed E-state index contributed by atoms with van der Waals surface area (Å²) >= 11 is 0. The molecule has 0 amide bonds. The first-order valence-electron chi connectivity index (χ1n) is 5.34. The molecule has 3 aromatic rings. The predicted octanol–water partition coefficient (Wildman–Crippen LogP) is 2.14. The summed E-state index contributed by atoms with van der Waals surface area (Å²) in [6, 6.07) is 9.12. The molecule has 3 N–H and O–H groups in total. The molecule has 5 heteroatoms. The molecule has 0 aliphatic heterocycles. The minimum absolute atomic E-state index is 0.00870. The van der Waals surface area contributed by atoms with Gasteiger partial charge in [-0.05, 0) is 30.3 Å². The van der Waals surface area contributed by atoms with Crippen LogP contribution in [0.15, 0.2) is 42.6 Å². The number of hydrogen-bond donors (Lipinski definition) is 3. The summed E-state index contributed by atoms with van der Waals surface area (Å²) in [4.78, 5) is 0. The highest BCUT2D eigenvalue weighted by atomic mass is 16.3. The molecule has 18 heavy (non-hydrogen) atoms.